The SMILES string of the molecule is CCCCNC(=S)SCC. The molecule has 0 saturated heterocycles. The summed E-state index contributed by atoms with van der Waals surface area (Å²) in [7, 11) is 0. The van der Waals surface area contributed by atoms with Crippen LogP contribution < -0.4 is 5.32 Å². The van der Waals surface area contributed by atoms with E-state index in [1.54, 1.807) is 11.8 Å². The molecule has 0 radical (unpaired) electrons. The second kappa shape index (κ2) is 7.35. The zero-order chi connectivity index (χ0) is 7.82. The van der Waals surface area contributed by atoms with Crippen LogP contribution in [0.5, 0.6) is 0 Å². The van der Waals surface area contributed by atoms with Gasteiger partial charge in [-0.3, -0.25) is 0 Å². The molecule has 0 aliphatic rings. The number of unbranched alkanes of at least 4 members (excludes halogenated alkanes) is 1. The van der Waals surface area contributed by atoms with Gasteiger partial charge in [0.1, 0.15) is 4.32 Å². The minimum absolute atomic E-state index is 0.941. The van der Waals surface area contributed by atoms with Crippen LogP contribution in [0, 0.1) is 0 Å². The molecule has 0 saturated carbocycles. The average molecular weight is 177 g/mol. The summed E-state index contributed by atoms with van der Waals surface area (Å²) in [5.41, 5.74) is 0. The Morgan fingerprint density at radius 3 is 2.70 bits per heavy atom. The van der Waals surface area contributed by atoms with Crippen LogP contribution in [0.25, 0.3) is 0 Å². The number of thiocarbonyl (C=S) groups is 1. The van der Waals surface area contributed by atoms with Crippen LogP contribution in [0.15, 0.2) is 0 Å². The quantitative estimate of drug-likeness (QED) is 0.523. The van der Waals surface area contributed by atoms with E-state index in [-0.39, 0.29) is 0 Å². The zero-order valence-corrected chi connectivity index (χ0v) is 8.28. The largest absolute Gasteiger partial charge is 0.371 e. The highest BCUT2D eigenvalue weighted by Gasteiger charge is 1.91. The van der Waals surface area contributed by atoms with Crippen molar-refractivity contribution < 1.29 is 0 Å². The van der Waals surface area contributed by atoms with Crippen molar-refractivity contribution in [3.63, 3.8) is 0 Å². The Bertz CT molecular complexity index is 93.6. The van der Waals surface area contributed by atoms with Crippen LogP contribution in [0.2, 0.25) is 0 Å². The second-order valence-corrected chi connectivity index (χ2v) is 3.94. The Hall–Kier alpha value is 0.240. The Kier molecular flexibility index (Phi) is 7.52. The first-order chi connectivity index (χ1) is 4.81. The van der Waals surface area contributed by atoms with Gasteiger partial charge in [-0.2, -0.15) is 0 Å². The molecular weight excluding hydrogens is 162 g/mol. The smallest absolute Gasteiger partial charge is 0.133 e. The number of thioether (sulfide) groups is 1. The molecule has 1 nitrogen and oxygen atoms in total. The van der Waals surface area contributed by atoms with Gasteiger partial charge in [-0.15, -0.1) is 0 Å². The van der Waals surface area contributed by atoms with Crippen molar-refractivity contribution in [2.24, 2.45) is 0 Å². The number of nitrogens with one attached hydrogen (secondary N) is 1. The molecule has 10 heavy (non-hydrogen) atoms. The standard InChI is InChI=1S/C7H15NS2/c1-3-5-6-8-7(9)10-4-2/h3-6H2,1-2H3,(H,8,9). The summed E-state index contributed by atoms with van der Waals surface area (Å²) >= 11 is 6.72. The molecule has 0 aromatic rings. The van der Waals surface area contributed by atoms with Crippen molar-refractivity contribution in [3.8, 4) is 0 Å². The van der Waals surface area contributed by atoms with Gasteiger partial charge in [0.2, 0.25) is 0 Å². The van der Waals surface area contributed by atoms with E-state index >= 15 is 0 Å². The first kappa shape index (κ1) is 10.2. The maximum atomic E-state index is 5.02. The molecule has 0 aliphatic carbocycles. The van der Waals surface area contributed by atoms with Gasteiger partial charge < -0.3 is 5.32 Å². The monoisotopic (exact) mass is 177 g/mol. The normalized spacial score (nSPS) is 9.40. The Morgan fingerprint density at radius 1 is 1.50 bits per heavy atom. The van der Waals surface area contributed by atoms with Gasteiger partial charge in [0.05, 0.1) is 0 Å². The van der Waals surface area contributed by atoms with E-state index in [4.69, 9.17) is 12.2 Å². The predicted molar refractivity (Wildman–Crippen MR) is 53.6 cm³/mol. The summed E-state index contributed by atoms with van der Waals surface area (Å²) in [5.74, 6) is 1.07. The van der Waals surface area contributed by atoms with Crippen molar-refractivity contribution in [1.82, 2.24) is 5.32 Å². The van der Waals surface area contributed by atoms with Gasteiger partial charge >= 0.3 is 0 Å². The Balaban J connectivity index is 3.05. The van der Waals surface area contributed by atoms with Crippen molar-refractivity contribution in [3.05, 3.63) is 0 Å². The fourth-order valence-electron chi connectivity index (χ4n) is 0.549. The molecule has 0 fully saturated rings. The maximum Gasteiger partial charge on any atom is 0.133 e. The molecule has 60 valence electrons. The molecule has 3 heteroatoms. The van der Waals surface area contributed by atoms with E-state index in [0.29, 0.717) is 0 Å². The van der Waals surface area contributed by atoms with Crippen LogP contribution in [-0.4, -0.2) is 16.6 Å². The van der Waals surface area contributed by atoms with E-state index in [1.807, 2.05) is 0 Å². The Morgan fingerprint density at radius 2 is 2.20 bits per heavy atom. The molecule has 0 unspecified atom stereocenters. The molecule has 0 spiro atoms. The highest BCUT2D eigenvalue weighted by molar-refractivity contribution is 8.22. The lowest BCUT2D eigenvalue weighted by atomic mass is 10.3. The number of hydrogen-bond acceptors (Lipinski definition) is 2. The summed E-state index contributed by atoms with van der Waals surface area (Å²) in [6.45, 7) is 5.32. The van der Waals surface area contributed by atoms with Gasteiger partial charge in [-0.1, -0.05) is 44.2 Å². The van der Waals surface area contributed by atoms with E-state index in [2.05, 4.69) is 19.2 Å². The van der Waals surface area contributed by atoms with Crippen molar-refractivity contribution >= 4 is 28.3 Å². The third-order valence-corrected chi connectivity index (χ3v) is 2.27. The molecule has 0 amide bonds. The summed E-state index contributed by atoms with van der Waals surface area (Å²) in [6.07, 6.45) is 2.44. The highest BCUT2D eigenvalue weighted by atomic mass is 32.2. The van der Waals surface area contributed by atoms with Gasteiger partial charge in [-0.25, -0.2) is 0 Å². The molecule has 1 N–H and O–H groups in total. The molecule has 0 aliphatic heterocycles. The fourth-order valence-corrected chi connectivity index (χ4v) is 1.47. The van der Waals surface area contributed by atoms with Crippen molar-refractivity contribution in [2.45, 2.75) is 26.7 Å². The van der Waals surface area contributed by atoms with Crippen LogP contribution in [0.3, 0.4) is 0 Å². The Labute approximate surface area is 73.0 Å². The van der Waals surface area contributed by atoms with Crippen LogP contribution in [0.4, 0.5) is 0 Å². The molecule has 0 bridgehead atoms. The molecule has 0 heterocycles. The highest BCUT2D eigenvalue weighted by Crippen LogP contribution is 1.99. The minimum atomic E-state index is 0.941. The molecule has 0 rings (SSSR count). The molecule has 0 atom stereocenters. The minimum Gasteiger partial charge on any atom is -0.371 e. The van der Waals surface area contributed by atoms with Crippen LogP contribution in [0.1, 0.15) is 26.7 Å². The third-order valence-electron chi connectivity index (χ3n) is 1.08. The lowest BCUT2D eigenvalue weighted by molar-refractivity contribution is 0.762. The number of rotatable bonds is 4. The molecule has 0 aromatic heterocycles. The topological polar surface area (TPSA) is 12.0 Å². The van der Waals surface area contributed by atoms with Crippen LogP contribution >= 0.6 is 24.0 Å². The fraction of sp³-hybridized carbons (Fsp3) is 0.857. The van der Waals surface area contributed by atoms with Gasteiger partial charge in [0.15, 0.2) is 0 Å². The lowest BCUT2D eigenvalue weighted by Gasteiger charge is -2.03. The van der Waals surface area contributed by atoms with Gasteiger partial charge in [0, 0.05) is 6.54 Å². The average Bonchev–Trinajstić information content (AvgIpc) is 1.89. The van der Waals surface area contributed by atoms with Crippen molar-refractivity contribution in [2.75, 3.05) is 12.3 Å². The first-order valence-electron chi connectivity index (χ1n) is 3.71. The van der Waals surface area contributed by atoms with Crippen molar-refractivity contribution in [1.29, 1.82) is 0 Å². The summed E-state index contributed by atoms with van der Waals surface area (Å²) < 4.78 is 0.941. The lowest BCUT2D eigenvalue weighted by Crippen LogP contribution is -2.19. The molecular formula is C7H15NS2. The van der Waals surface area contributed by atoms with E-state index in [9.17, 15) is 0 Å². The number of hydrogen-bond donors (Lipinski definition) is 1. The summed E-state index contributed by atoms with van der Waals surface area (Å²) in [4.78, 5) is 0. The van der Waals surface area contributed by atoms with E-state index in [1.165, 1.54) is 12.8 Å². The van der Waals surface area contributed by atoms with Gasteiger partial charge in [-0.05, 0) is 12.2 Å². The first-order valence-corrected chi connectivity index (χ1v) is 5.11. The van der Waals surface area contributed by atoms with E-state index in [0.717, 1.165) is 16.6 Å². The van der Waals surface area contributed by atoms with E-state index < -0.39 is 0 Å². The maximum absolute atomic E-state index is 5.02. The summed E-state index contributed by atoms with van der Waals surface area (Å²) in [6, 6.07) is 0. The third kappa shape index (κ3) is 6.36. The predicted octanol–water partition coefficient (Wildman–Crippen LogP) is 2.41. The zero-order valence-electron chi connectivity index (χ0n) is 6.64. The van der Waals surface area contributed by atoms with Gasteiger partial charge in [0.25, 0.3) is 0 Å². The molecule has 0 aromatic carbocycles. The van der Waals surface area contributed by atoms with Crippen LogP contribution in [-0.2, 0) is 0 Å². The second-order valence-electron chi connectivity index (χ2n) is 2.00. The summed E-state index contributed by atoms with van der Waals surface area (Å²) in [5, 5.41) is 3.18.